The summed E-state index contributed by atoms with van der Waals surface area (Å²) < 4.78 is 30.7. The Morgan fingerprint density at radius 1 is 0.840 bits per heavy atom. The van der Waals surface area contributed by atoms with Crippen LogP contribution < -0.4 is 9.64 Å². The van der Waals surface area contributed by atoms with Crippen LogP contribution in [-0.2, 0) is 56.0 Å². The number of amides is 3. The van der Waals surface area contributed by atoms with Crippen LogP contribution in [0.4, 0.5) is 15.8 Å². The molecule has 1 N–H and O–H groups in total. The lowest BCUT2D eigenvalue weighted by molar-refractivity contribution is -0.131. The summed E-state index contributed by atoms with van der Waals surface area (Å²) in [5.74, 6) is -0.141. The molecule has 0 bridgehead atoms. The molecule has 75 heavy (non-hydrogen) atoms. The number of piperidine rings is 1. The Balaban J connectivity index is 0.996. The summed E-state index contributed by atoms with van der Waals surface area (Å²) in [5.41, 5.74) is 9.51. The fourth-order valence-corrected chi connectivity index (χ4v) is 11.5. The molecule has 390 valence electrons. The van der Waals surface area contributed by atoms with Gasteiger partial charge in [-0.15, -0.1) is 0 Å². The van der Waals surface area contributed by atoms with E-state index in [1.54, 1.807) is 51.7 Å². The first-order valence-electron chi connectivity index (χ1n) is 26.4. The highest BCUT2D eigenvalue weighted by Gasteiger charge is 2.36. The molecular formula is C60H67FN8O6. The first kappa shape index (κ1) is 51.2. The van der Waals surface area contributed by atoms with Gasteiger partial charge in [0.2, 0.25) is 5.91 Å². The van der Waals surface area contributed by atoms with Crippen molar-refractivity contribution in [2.45, 2.75) is 72.0 Å². The summed E-state index contributed by atoms with van der Waals surface area (Å²) in [6.45, 7) is 14.0. The number of hydrogen-bond donors (Lipinski definition) is 1. The average molecular weight is 1020 g/mol. The number of aromatic nitrogens is 2. The van der Waals surface area contributed by atoms with Crippen LogP contribution >= 0.6 is 0 Å². The molecule has 2 saturated heterocycles. The van der Waals surface area contributed by atoms with E-state index in [2.05, 4.69) is 47.1 Å². The van der Waals surface area contributed by atoms with Crippen molar-refractivity contribution in [2.24, 2.45) is 20.0 Å². The van der Waals surface area contributed by atoms with E-state index in [0.29, 0.717) is 114 Å². The second-order valence-electron chi connectivity index (χ2n) is 20.9. The van der Waals surface area contributed by atoms with E-state index in [-0.39, 0.29) is 42.5 Å². The van der Waals surface area contributed by atoms with Crippen LogP contribution in [0.15, 0.2) is 91.0 Å². The number of morpholine rings is 1. The second-order valence-corrected chi connectivity index (χ2v) is 20.9. The fraction of sp³-hybridized carbons (Fsp3) is 0.400. The van der Waals surface area contributed by atoms with Crippen LogP contribution in [0.1, 0.15) is 85.4 Å². The molecule has 6 aromatic rings. The van der Waals surface area contributed by atoms with Crippen LogP contribution in [0.3, 0.4) is 0 Å². The van der Waals surface area contributed by atoms with Gasteiger partial charge in [0.1, 0.15) is 35.7 Å². The van der Waals surface area contributed by atoms with Gasteiger partial charge in [-0.3, -0.25) is 24.2 Å². The van der Waals surface area contributed by atoms with Crippen molar-refractivity contribution in [1.82, 2.24) is 28.7 Å². The van der Waals surface area contributed by atoms with Crippen molar-refractivity contribution in [3.8, 4) is 28.8 Å². The van der Waals surface area contributed by atoms with Gasteiger partial charge in [0.05, 0.1) is 30.9 Å². The SMILES string of the molecule is Cc1c(N(C(=O)c2cc(-c3cc4c(cc3C(=O)N3Cc5ccccc5C[C@H]3CN3CCC[C@@H](C)C3)CN(C(=O)Cc3ccc(OCCN5CCOCC5)cc3F)CC4)n(C)c2C)c2ccc(O)cc2)cc(C#N)n1C. The van der Waals surface area contributed by atoms with Crippen LogP contribution in [-0.4, -0.2) is 123 Å². The van der Waals surface area contributed by atoms with E-state index in [1.165, 1.54) is 30.2 Å². The summed E-state index contributed by atoms with van der Waals surface area (Å²) in [7, 11) is 3.69. The smallest absolute Gasteiger partial charge is 0.264 e. The third-order valence-electron chi connectivity index (χ3n) is 16.1. The van der Waals surface area contributed by atoms with Gasteiger partial charge >= 0.3 is 0 Å². The van der Waals surface area contributed by atoms with Gasteiger partial charge in [-0.1, -0.05) is 37.3 Å². The maximum absolute atomic E-state index is 15.9. The standard InChI is InChI=1S/C60H67FN8O6/c1-39-9-8-19-66(35-39)38-49-27-42-10-6-7-11-45(42)37-68(49)59(72)54-29-46-36-67(58(71)30-44-12-17-51(32-55(44)61)75-26-23-65-21-24-74-25-22-65)20-18-43(46)28-53(54)57-33-52(40(2)64(57)5)60(73)69(47-13-15-50(70)16-14-47)56-31-48(34-62)63(4)41(56)3/h6-7,10-17,28-29,31-33,39,49,70H,8-9,18-27,30,35-38H2,1-5H3/t39-,49+/m1/s1. The molecule has 15 heteroatoms. The second kappa shape index (κ2) is 21.9. The normalized spacial score (nSPS) is 18.0. The zero-order chi connectivity index (χ0) is 52.5. The molecule has 14 nitrogen and oxygen atoms in total. The summed E-state index contributed by atoms with van der Waals surface area (Å²) in [6.07, 6.45) is 3.41. The van der Waals surface area contributed by atoms with Gasteiger partial charge < -0.3 is 38.4 Å². The molecular weight excluding hydrogens is 948 g/mol. The van der Waals surface area contributed by atoms with Crippen molar-refractivity contribution in [3.05, 3.63) is 153 Å². The molecule has 10 rings (SSSR count). The van der Waals surface area contributed by atoms with Gasteiger partial charge in [0.15, 0.2) is 0 Å². The number of phenols is 1. The highest BCUT2D eigenvalue weighted by Crippen LogP contribution is 2.39. The Morgan fingerprint density at radius 2 is 1.61 bits per heavy atom. The Morgan fingerprint density at radius 3 is 2.35 bits per heavy atom. The van der Waals surface area contributed by atoms with Gasteiger partial charge in [0.25, 0.3) is 11.8 Å². The van der Waals surface area contributed by atoms with Crippen molar-refractivity contribution in [1.29, 1.82) is 5.26 Å². The molecule has 4 aliphatic heterocycles. The molecule has 2 atom stereocenters. The number of ether oxygens (including phenoxy) is 2. The molecule has 0 unspecified atom stereocenters. The zero-order valence-corrected chi connectivity index (χ0v) is 43.8. The van der Waals surface area contributed by atoms with Crippen LogP contribution in [0.2, 0.25) is 0 Å². The lowest BCUT2D eigenvalue weighted by Crippen LogP contribution is -2.51. The number of likely N-dealkylation sites (tertiary alicyclic amines) is 1. The number of benzene rings is 4. The number of aromatic hydroxyl groups is 1. The molecule has 2 fully saturated rings. The number of carbonyl (C=O) groups is 3. The Kier molecular flexibility index (Phi) is 15.0. The summed E-state index contributed by atoms with van der Waals surface area (Å²) in [6, 6.07) is 29.2. The number of nitriles is 1. The summed E-state index contributed by atoms with van der Waals surface area (Å²) >= 11 is 0. The molecule has 2 aromatic heterocycles. The Bertz CT molecular complexity index is 3170. The topological polar surface area (TPSA) is 140 Å². The highest BCUT2D eigenvalue weighted by molar-refractivity contribution is 6.13. The number of fused-ring (bicyclic) bond motifs is 2. The van der Waals surface area contributed by atoms with Crippen LogP contribution in [0.5, 0.6) is 11.5 Å². The van der Waals surface area contributed by atoms with E-state index in [9.17, 15) is 15.2 Å². The zero-order valence-electron chi connectivity index (χ0n) is 43.8. The number of rotatable bonds is 13. The minimum Gasteiger partial charge on any atom is -0.508 e. The molecule has 6 heterocycles. The van der Waals surface area contributed by atoms with E-state index in [1.807, 2.05) is 48.6 Å². The fourth-order valence-electron chi connectivity index (χ4n) is 11.5. The predicted octanol–water partition coefficient (Wildman–Crippen LogP) is 8.48. The first-order valence-corrected chi connectivity index (χ1v) is 26.4. The summed E-state index contributed by atoms with van der Waals surface area (Å²) in [5, 5.41) is 20.3. The van der Waals surface area contributed by atoms with Crippen molar-refractivity contribution < 1.29 is 33.4 Å². The van der Waals surface area contributed by atoms with Gasteiger partial charge in [-0.2, -0.15) is 5.26 Å². The lowest BCUT2D eigenvalue weighted by atomic mass is 9.89. The van der Waals surface area contributed by atoms with Crippen molar-refractivity contribution >= 4 is 29.1 Å². The predicted molar refractivity (Wildman–Crippen MR) is 286 cm³/mol. The number of halogens is 1. The van der Waals surface area contributed by atoms with Crippen molar-refractivity contribution in [2.75, 3.05) is 70.5 Å². The minimum atomic E-state index is -0.494. The first-order chi connectivity index (χ1) is 36.2. The maximum Gasteiger partial charge on any atom is 0.264 e. The molecule has 4 aromatic carbocycles. The monoisotopic (exact) mass is 1010 g/mol. The third kappa shape index (κ3) is 10.7. The Labute approximate surface area is 439 Å². The number of carbonyl (C=O) groups excluding carboxylic acids is 3. The van der Waals surface area contributed by atoms with E-state index >= 15 is 14.0 Å². The molecule has 0 radical (unpaired) electrons. The van der Waals surface area contributed by atoms with E-state index in [4.69, 9.17) is 9.47 Å². The summed E-state index contributed by atoms with van der Waals surface area (Å²) in [4.78, 5) is 55.4. The largest absolute Gasteiger partial charge is 0.508 e. The number of anilines is 2. The van der Waals surface area contributed by atoms with E-state index in [0.717, 1.165) is 62.3 Å². The van der Waals surface area contributed by atoms with Gasteiger partial charge in [0, 0.05) is 112 Å². The van der Waals surface area contributed by atoms with Crippen LogP contribution in [0, 0.1) is 36.9 Å². The molecule has 0 aliphatic carbocycles. The highest BCUT2D eigenvalue weighted by atomic mass is 19.1. The lowest BCUT2D eigenvalue weighted by Gasteiger charge is -2.41. The quantitative estimate of drug-likeness (QED) is 0.121. The maximum atomic E-state index is 15.9. The molecule has 4 aliphatic rings. The number of hydrogen-bond acceptors (Lipinski definition) is 9. The number of phenolic OH excluding ortho intramolecular Hbond substituents is 1. The van der Waals surface area contributed by atoms with Gasteiger partial charge in [-0.25, -0.2) is 4.39 Å². The molecule has 3 amide bonds. The number of nitrogens with zero attached hydrogens (tertiary/aromatic N) is 8. The minimum absolute atomic E-state index is 0.0502. The van der Waals surface area contributed by atoms with Gasteiger partial charge in [-0.05, 0) is 134 Å². The molecule has 0 spiro atoms. The Hall–Kier alpha value is -7.25. The van der Waals surface area contributed by atoms with Crippen LogP contribution in [0.25, 0.3) is 11.3 Å². The molecule has 0 saturated carbocycles. The third-order valence-corrected chi connectivity index (χ3v) is 16.1. The van der Waals surface area contributed by atoms with E-state index < -0.39 is 5.82 Å². The average Bonchev–Trinajstić information content (AvgIpc) is 3.87. The van der Waals surface area contributed by atoms with Crippen molar-refractivity contribution in [3.63, 3.8) is 0 Å².